The van der Waals surface area contributed by atoms with Crippen LogP contribution in [0.4, 0.5) is 0 Å². The van der Waals surface area contributed by atoms with Crippen molar-refractivity contribution in [2.45, 2.75) is 52.5 Å². The molecule has 0 fully saturated rings. The molecule has 0 aliphatic rings. The molecular weight excluding hydrogens is 324 g/mol. The lowest BCUT2D eigenvalue weighted by atomic mass is 10.1. The first kappa shape index (κ1) is 18.4. The minimum Gasteiger partial charge on any atom is -0.298 e. The summed E-state index contributed by atoms with van der Waals surface area (Å²) >= 11 is 5.92. The predicted molar refractivity (Wildman–Crippen MR) is 97.5 cm³/mol. The fraction of sp³-hybridized carbons (Fsp3) is 0.421. The number of aryl methyl sites for hydroxylation is 1. The lowest BCUT2D eigenvalue weighted by Gasteiger charge is -2.13. The molecule has 2 aromatic rings. The van der Waals surface area contributed by atoms with E-state index in [-0.39, 0.29) is 17.9 Å². The molecule has 0 spiro atoms. The summed E-state index contributed by atoms with van der Waals surface area (Å²) in [5.74, 6) is 0.720. The zero-order chi connectivity index (χ0) is 17.5. The number of carbonyl (C=O) groups excluding carboxylic acids is 1. The first-order valence-corrected chi connectivity index (χ1v) is 8.81. The van der Waals surface area contributed by atoms with Gasteiger partial charge in [0.25, 0.3) is 5.56 Å². The smallest absolute Gasteiger partial charge is 0.254 e. The Balaban J connectivity index is 2.42. The molecule has 5 heteroatoms. The molecule has 1 heterocycles. The van der Waals surface area contributed by atoms with Gasteiger partial charge in [-0.15, -0.1) is 0 Å². The van der Waals surface area contributed by atoms with E-state index in [1.807, 2.05) is 12.1 Å². The minimum atomic E-state index is -0.178. The van der Waals surface area contributed by atoms with E-state index in [0.717, 1.165) is 24.8 Å². The molecule has 0 bridgehead atoms. The Labute approximate surface area is 147 Å². The number of unbranched alkanes of at least 4 members (excludes halogenated alkanes) is 2. The van der Waals surface area contributed by atoms with E-state index in [1.165, 1.54) is 10.6 Å². The van der Waals surface area contributed by atoms with E-state index < -0.39 is 0 Å². The number of Topliss-reactive ketones (excluding diaryl/α,β-unsaturated/α-hetero) is 1. The maximum atomic E-state index is 12.5. The van der Waals surface area contributed by atoms with Crippen LogP contribution < -0.4 is 5.56 Å². The van der Waals surface area contributed by atoms with Gasteiger partial charge in [0, 0.05) is 29.5 Å². The Morgan fingerprint density at radius 2 is 1.88 bits per heavy atom. The second-order valence-electron chi connectivity index (χ2n) is 5.84. The monoisotopic (exact) mass is 346 g/mol. The summed E-state index contributed by atoms with van der Waals surface area (Å²) < 4.78 is 1.51. The van der Waals surface area contributed by atoms with Crippen molar-refractivity contribution in [1.29, 1.82) is 0 Å². The third-order valence-electron chi connectivity index (χ3n) is 3.96. The highest BCUT2D eigenvalue weighted by Crippen LogP contribution is 2.19. The maximum Gasteiger partial charge on any atom is 0.254 e. The number of nitrogens with zero attached hydrogens (tertiary/aromatic N) is 2. The molecule has 0 unspecified atom stereocenters. The Morgan fingerprint density at radius 1 is 1.17 bits per heavy atom. The van der Waals surface area contributed by atoms with Crippen LogP contribution in [0, 0.1) is 0 Å². The van der Waals surface area contributed by atoms with E-state index >= 15 is 0 Å². The largest absolute Gasteiger partial charge is 0.298 e. The highest BCUT2D eigenvalue weighted by atomic mass is 35.5. The highest BCUT2D eigenvalue weighted by Gasteiger charge is 2.12. The third-order valence-corrected chi connectivity index (χ3v) is 4.21. The lowest BCUT2D eigenvalue weighted by molar-refractivity contribution is -0.119. The Kier molecular flexibility index (Phi) is 6.73. The maximum absolute atomic E-state index is 12.5. The summed E-state index contributed by atoms with van der Waals surface area (Å²) in [5, 5.41) is 0.642. The second-order valence-corrected chi connectivity index (χ2v) is 6.27. The van der Waals surface area contributed by atoms with Crippen LogP contribution in [0.1, 0.15) is 45.4 Å². The summed E-state index contributed by atoms with van der Waals surface area (Å²) in [4.78, 5) is 29.0. The molecule has 128 valence electrons. The SMILES string of the molecule is CCCCCc1nc(-c2ccc(Cl)cc2)cc(=O)n1CC(=O)CC. The summed E-state index contributed by atoms with van der Waals surface area (Å²) in [6.07, 6.45) is 4.23. The molecule has 0 N–H and O–H groups in total. The number of ketones is 1. The van der Waals surface area contributed by atoms with Gasteiger partial charge >= 0.3 is 0 Å². The summed E-state index contributed by atoms with van der Waals surface area (Å²) in [7, 11) is 0. The van der Waals surface area contributed by atoms with Crippen LogP contribution in [0.5, 0.6) is 0 Å². The van der Waals surface area contributed by atoms with Crippen LogP contribution in [0.3, 0.4) is 0 Å². The van der Waals surface area contributed by atoms with Gasteiger partial charge in [-0.05, 0) is 18.6 Å². The molecule has 0 radical (unpaired) electrons. The van der Waals surface area contributed by atoms with Gasteiger partial charge in [0.15, 0.2) is 5.78 Å². The van der Waals surface area contributed by atoms with E-state index in [0.29, 0.717) is 29.4 Å². The Bertz CT molecular complexity index is 751. The molecule has 0 amide bonds. The Morgan fingerprint density at radius 3 is 2.50 bits per heavy atom. The number of aromatic nitrogens is 2. The van der Waals surface area contributed by atoms with Crippen molar-refractivity contribution < 1.29 is 4.79 Å². The Hall–Kier alpha value is -1.94. The molecule has 0 aliphatic carbocycles. The van der Waals surface area contributed by atoms with E-state index in [4.69, 9.17) is 11.6 Å². The second kappa shape index (κ2) is 8.78. The predicted octanol–water partition coefficient (Wildman–Crippen LogP) is 4.28. The van der Waals surface area contributed by atoms with Crippen LogP contribution in [0.2, 0.25) is 5.02 Å². The quantitative estimate of drug-likeness (QED) is 0.670. The highest BCUT2D eigenvalue weighted by molar-refractivity contribution is 6.30. The molecule has 1 aromatic heterocycles. The van der Waals surface area contributed by atoms with Crippen molar-refractivity contribution in [2.75, 3.05) is 0 Å². The van der Waals surface area contributed by atoms with Gasteiger partial charge in [-0.1, -0.05) is 50.4 Å². The van der Waals surface area contributed by atoms with Gasteiger partial charge in [0.1, 0.15) is 5.82 Å². The topological polar surface area (TPSA) is 52.0 Å². The number of benzene rings is 1. The summed E-state index contributed by atoms with van der Waals surface area (Å²) in [6.45, 7) is 4.04. The molecule has 4 nitrogen and oxygen atoms in total. The van der Waals surface area contributed by atoms with Gasteiger partial charge in [0.05, 0.1) is 12.2 Å². The van der Waals surface area contributed by atoms with Crippen molar-refractivity contribution in [3.05, 3.63) is 51.5 Å². The fourth-order valence-electron chi connectivity index (χ4n) is 2.50. The van der Waals surface area contributed by atoms with Crippen molar-refractivity contribution in [2.24, 2.45) is 0 Å². The normalized spacial score (nSPS) is 10.8. The van der Waals surface area contributed by atoms with E-state index in [9.17, 15) is 9.59 Å². The van der Waals surface area contributed by atoms with Crippen LogP contribution >= 0.6 is 11.6 Å². The average molecular weight is 347 g/mol. The number of rotatable bonds is 8. The van der Waals surface area contributed by atoms with Crippen molar-refractivity contribution >= 4 is 17.4 Å². The average Bonchev–Trinajstić information content (AvgIpc) is 2.58. The zero-order valence-electron chi connectivity index (χ0n) is 14.2. The third kappa shape index (κ3) is 4.78. The standard InChI is InChI=1S/C19H23ClN2O2/c1-3-5-6-7-18-21-17(14-8-10-15(20)11-9-14)12-19(24)22(18)13-16(23)4-2/h8-12H,3-7,13H2,1-2H3. The van der Waals surface area contributed by atoms with Gasteiger partial charge in [-0.3, -0.25) is 14.2 Å². The van der Waals surface area contributed by atoms with Crippen LogP contribution in [-0.4, -0.2) is 15.3 Å². The van der Waals surface area contributed by atoms with Crippen LogP contribution in [0.15, 0.2) is 35.1 Å². The first-order valence-electron chi connectivity index (χ1n) is 8.43. The van der Waals surface area contributed by atoms with Crippen molar-refractivity contribution in [3.63, 3.8) is 0 Å². The summed E-state index contributed by atoms with van der Waals surface area (Å²) in [5.41, 5.74) is 1.30. The molecule has 2 rings (SSSR count). The molecule has 24 heavy (non-hydrogen) atoms. The first-order chi connectivity index (χ1) is 11.5. The van der Waals surface area contributed by atoms with Gasteiger partial charge in [-0.2, -0.15) is 0 Å². The number of hydrogen-bond acceptors (Lipinski definition) is 3. The molecule has 0 saturated carbocycles. The van der Waals surface area contributed by atoms with Crippen molar-refractivity contribution in [1.82, 2.24) is 9.55 Å². The number of halogens is 1. The molecule has 0 atom stereocenters. The molecule has 0 aliphatic heterocycles. The number of carbonyl (C=O) groups is 1. The van der Waals surface area contributed by atoms with Gasteiger partial charge < -0.3 is 0 Å². The van der Waals surface area contributed by atoms with Gasteiger partial charge in [0.2, 0.25) is 0 Å². The van der Waals surface area contributed by atoms with E-state index in [1.54, 1.807) is 19.1 Å². The number of hydrogen-bond donors (Lipinski definition) is 0. The summed E-state index contributed by atoms with van der Waals surface area (Å²) in [6, 6.07) is 8.75. The van der Waals surface area contributed by atoms with Crippen LogP contribution in [-0.2, 0) is 17.8 Å². The molecular formula is C19H23ClN2O2. The van der Waals surface area contributed by atoms with Crippen LogP contribution in [0.25, 0.3) is 11.3 Å². The van der Waals surface area contributed by atoms with Crippen molar-refractivity contribution in [3.8, 4) is 11.3 Å². The zero-order valence-corrected chi connectivity index (χ0v) is 15.0. The lowest BCUT2D eigenvalue weighted by Crippen LogP contribution is -2.28. The minimum absolute atomic E-state index is 0.0369. The molecule has 1 aromatic carbocycles. The molecule has 0 saturated heterocycles. The van der Waals surface area contributed by atoms with Gasteiger partial charge in [-0.25, -0.2) is 4.98 Å². The fourth-order valence-corrected chi connectivity index (χ4v) is 2.63. The van der Waals surface area contributed by atoms with E-state index in [2.05, 4.69) is 11.9 Å².